The fourth-order valence-corrected chi connectivity index (χ4v) is 2.00. The number of hydrogen-bond donors (Lipinski definition) is 1. The summed E-state index contributed by atoms with van der Waals surface area (Å²) in [7, 11) is 0. The molecule has 0 fully saturated rings. The van der Waals surface area contributed by atoms with Crippen LogP contribution in [0, 0.1) is 17.7 Å². The number of carbonyl (C=O) groups is 1. The number of rotatable bonds is 5. The SMILES string of the molecule is CC(C)CN(CC(C)C)C(=O)c1ccc(N)cc1F. The third-order valence-electron chi connectivity index (χ3n) is 2.68. The molecule has 1 aromatic rings. The predicted molar refractivity (Wildman–Crippen MR) is 76.4 cm³/mol. The van der Waals surface area contributed by atoms with Crippen LogP contribution < -0.4 is 5.73 Å². The molecule has 0 atom stereocenters. The number of anilines is 1. The Morgan fingerprint density at radius 3 is 2.16 bits per heavy atom. The van der Waals surface area contributed by atoms with E-state index in [1.807, 2.05) is 27.7 Å². The first kappa shape index (κ1) is 15.5. The third-order valence-corrected chi connectivity index (χ3v) is 2.68. The van der Waals surface area contributed by atoms with E-state index in [1.54, 1.807) is 11.0 Å². The summed E-state index contributed by atoms with van der Waals surface area (Å²) in [4.78, 5) is 14.1. The van der Waals surface area contributed by atoms with Gasteiger partial charge in [0.25, 0.3) is 5.91 Å². The molecule has 0 aliphatic rings. The molecule has 3 nitrogen and oxygen atoms in total. The second-order valence-electron chi connectivity index (χ2n) is 5.74. The van der Waals surface area contributed by atoms with Gasteiger partial charge < -0.3 is 10.6 Å². The lowest BCUT2D eigenvalue weighted by molar-refractivity contribution is 0.0710. The van der Waals surface area contributed by atoms with Crippen molar-refractivity contribution in [3.63, 3.8) is 0 Å². The molecular formula is C15H23FN2O. The average Bonchev–Trinajstić information content (AvgIpc) is 2.26. The normalized spacial score (nSPS) is 11.1. The molecule has 0 aliphatic carbocycles. The first-order valence-corrected chi connectivity index (χ1v) is 6.65. The van der Waals surface area contributed by atoms with Gasteiger partial charge in [-0.15, -0.1) is 0 Å². The van der Waals surface area contributed by atoms with Crippen molar-refractivity contribution >= 4 is 11.6 Å². The molecule has 0 saturated carbocycles. The summed E-state index contributed by atoms with van der Waals surface area (Å²) in [6.07, 6.45) is 0. The van der Waals surface area contributed by atoms with Crippen molar-refractivity contribution in [1.29, 1.82) is 0 Å². The molecule has 0 radical (unpaired) electrons. The molecule has 19 heavy (non-hydrogen) atoms. The summed E-state index contributed by atoms with van der Waals surface area (Å²) >= 11 is 0. The van der Waals surface area contributed by atoms with Crippen molar-refractivity contribution in [2.75, 3.05) is 18.8 Å². The molecule has 2 N–H and O–H groups in total. The quantitative estimate of drug-likeness (QED) is 0.832. The van der Waals surface area contributed by atoms with Crippen LogP contribution in [0.5, 0.6) is 0 Å². The van der Waals surface area contributed by atoms with Gasteiger partial charge in [0.15, 0.2) is 0 Å². The van der Waals surface area contributed by atoms with Gasteiger partial charge in [-0.05, 0) is 30.0 Å². The molecule has 0 spiro atoms. The molecule has 0 bridgehead atoms. The van der Waals surface area contributed by atoms with Gasteiger partial charge in [-0.3, -0.25) is 4.79 Å². The van der Waals surface area contributed by atoms with Gasteiger partial charge in [0, 0.05) is 18.8 Å². The van der Waals surface area contributed by atoms with Crippen LogP contribution in [0.25, 0.3) is 0 Å². The topological polar surface area (TPSA) is 46.3 Å². The number of hydrogen-bond acceptors (Lipinski definition) is 2. The van der Waals surface area contributed by atoms with E-state index < -0.39 is 5.82 Å². The Bertz CT molecular complexity index is 434. The molecule has 1 rings (SSSR count). The summed E-state index contributed by atoms with van der Waals surface area (Å²) in [6, 6.07) is 4.20. The fraction of sp³-hybridized carbons (Fsp3) is 0.533. The molecule has 106 valence electrons. The van der Waals surface area contributed by atoms with E-state index >= 15 is 0 Å². The molecule has 1 amide bonds. The van der Waals surface area contributed by atoms with Crippen molar-refractivity contribution in [2.45, 2.75) is 27.7 Å². The van der Waals surface area contributed by atoms with Crippen LogP contribution in [-0.4, -0.2) is 23.9 Å². The van der Waals surface area contributed by atoms with Gasteiger partial charge in [0.1, 0.15) is 5.82 Å². The maximum Gasteiger partial charge on any atom is 0.256 e. The van der Waals surface area contributed by atoms with E-state index in [1.165, 1.54) is 12.1 Å². The van der Waals surface area contributed by atoms with E-state index in [4.69, 9.17) is 5.73 Å². The highest BCUT2D eigenvalue weighted by Crippen LogP contribution is 2.16. The number of carbonyl (C=O) groups excluding carboxylic acids is 1. The van der Waals surface area contributed by atoms with E-state index in [9.17, 15) is 9.18 Å². The smallest absolute Gasteiger partial charge is 0.256 e. The first-order chi connectivity index (χ1) is 8.81. The Morgan fingerprint density at radius 1 is 1.21 bits per heavy atom. The minimum absolute atomic E-state index is 0.0931. The number of nitrogens with two attached hydrogens (primary N) is 1. The second kappa shape index (κ2) is 6.55. The Kier molecular flexibility index (Phi) is 5.33. The second-order valence-corrected chi connectivity index (χ2v) is 5.74. The molecular weight excluding hydrogens is 243 g/mol. The average molecular weight is 266 g/mol. The van der Waals surface area contributed by atoms with Crippen LogP contribution in [0.15, 0.2) is 18.2 Å². The van der Waals surface area contributed by atoms with Crippen LogP contribution in [-0.2, 0) is 0 Å². The first-order valence-electron chi connectivity index (χ1n) is 6.65. The zero-order valence-corrected chi connectivity index (χ0v) is 12.1. The number of amides is 1. The minimum Gasteiger partial charge on any atom is -0.399 e. The monoisotopic (exact) mass is 266 g/mol. The Hall–Kier alpha value is -1.58. The Morgan fingerprint density at radius 2 is 1.74 bits per heavy atom. The van der Waals surface area contributed by atoms with E-state index in [0.29, 0.717) is 30.6 Å². The van der Waals surface area contributed by atoms with Crippen molar-refractivity contribution in [3.05, 3.63) is 29.6 Å². The fourth-order valence-electron chi connectivity index (χ4n) is 2.00. The van der Waals surface area contributed by atoms with Crippen LogP contribution in [0.3, 0.4) is 0 Å². The Labute approximate surface area is 114 Å². The van der Waals surface area contributed by atoms with Gasteiger partial charge in [0.2, 0.25) is 0 Å². The summed E-state index contributed by atoms with van der Waals surface area (Å²) in [5.74, 6) is -0.124. The van der Waals surface area contributed by atoms with Crippen molar-refractivity contribution in [3.8, 4) is 0 Å². The van der Waals surface area contributed by atoms with Gasteiger partial charge in [0.05, 0.1) is 5.56 Å². The number of nitrogen functional groups attached to an aromatic ring is 1. The lowest BCUT2D eigenvalue weighted by Crippen LogP contribution is -2.37. The molecule has 0 heterocycles. The summed E-state index contributed by atoms with van der Waals surface area (Å²) in [5.41, 5.74) is 5.92. The third kappa shape index (κ3) is 4.54. The summed E-state index contributed by atoms with van der Waals surface area (Å²) < 4.78 is 13.8. The van der Waals surface area contributed by atoms with Gasteiger partial charge in [-0.1, -0.05) is 27.7 Å². The van der Waals surface area contributed by atoms with Crippen LogP contribution in [0.1, 0.15) is 38.1 Å². The zero-order valence-electron chi connectivity index (χ0n) is 12.1. The van der Waals surface area contributed by atoms with Crippen LogP contribution in [0.4, 0.5) is 10.1 Å². The zero-order chi connectivity index (χ0) is 14.6. The highest BCUT2D eigenvalue weighted by Gasteiger charge is 2.20. The lowest BCUT2D eigenvalue weighted by Gasteiger charge is -2.26. The van der Waals surface area contributed by atoms with Crippen molar-refractivity contribution in [1.82, 2.24) is 4.90 Å². The maximum atomic E-state index is 13.8. The number of nitrogens with zero attached hydrogens (tertiary/aromatic N) is 1. The molecule has 0 saturated heterocycles. The molecule has 0 unspecified atom stereocenters. The van der Waals surface area contributed by atoms with E-state index in [-0.39, 0.29) is 11.5 Å². The van der Waals surface area contributed by atoms with Crippen LogP contribution in [0.2, 0.25) is 0 Å². The largest absolute Gasteiger partial charge is 0.399 e. The van der Waals surface area contributed by atoms with Crippen LogP contribution >= 0.6 is 0 Å². The van der Waals surface area contributed by atoms with Gasteiger partial charge >= 0.3 is 0 Å². The number of halogens is 1. The van der Waals surface area contributed by atoms with Gasteiger partial charge in [-0.25, -0.2) is 4.39 Å². The predicted octanol–water partition coefficient (Wildman–Crippen LogP) is 3.16. The van der Waals surface area contributed by atoms with Crippen molar-refractivity contribution < 1.29 is 9.18 Å². The summed E-state index contributed by atoms with van der Waals surface area (Å²) in [5, 5.41) is 0. The highest BCUT2D eigenvalue weighted by atomic mass is 19.1. The van der Waals surface area contributed by atoms with Gasteiger partial charge in [-0.2, -0.15) is 0 Å². The molecule has 0 aromatic heterocycles. The number of benzene rings is 1. The van der Waals surface area contributed by atoms with E-state index in [0.717, 1.165) is 0 Å². The molecule has 0 aliphatic heterocycles. The highest BCUT2D eigenvalue weighted by molar-refractivity contribution is 5.94. The van der Waals surface area contributed by atoms with Crippen molar-refractivity contribution in [2.24, 2.45) is 11.8 Å². The maximum absolute atomic E-state index is 13.8. The lowest BCUT2D eigenvalue weighted by atomic mass is 10.1. The Balaban J connectivity index is 2.97. The minimum atomic E-state index is -0.553. The van der Waals surface area contributed by atoms with E-state index in [2.05, 4.69) is 0 Å². The standard InChI is InChI=1S/C15H23FN2O/c1-10(2)8-18(9-11(3)4)15(19)13-6-5-12(17)7-14(13)16/h5-7,10-11H,8-9,17H2,1-4H3. The molecule has 1 aromatic carbocycles. The molecule has 4 heteroatoms. The summed E-state index contributed by atoms with van der Waals surface area (Å²) in [6.45, 7) is 9.42.